The van der Waals surface area contributed by atoms with Gasteiger partial charge in [-0.15, -0.1) is 0 Å². The molecule has 0 heterocycles. The first-order chi connectivity index (χ1) is 13.3. The van der Waals surface area contributed by atoms with Gasteiger partial charge in [0.25, 0.3) is 17.5 Å². The molecule has 3 N–H and O–H groups in total. The van der Waals surface area contributed by atoms with Crippen LogP contribution >= 0.6 is 23.8 Å². The van der Waals surface area contributed by atoms with E-state index in [9.17, 15) is 19.7 Å². The van der Waals surface area contributed by atoms with Crippen molar-refractivity contribution in [2.24, 2.45) is 0 Å². The van der Waals surface area contributed by atoms with Crippen molar-refractivity contribution in [1.82, 2.24) is 16.2 Å². The summed E-state index contributed by atoms with van der Waals surface area (Å²) < 4.78 is 5.30. The molecule has 0 saturated carbocycles. The summed E-state index contributed by atoms with van der Waals surface area (Å²) in [5.41, 5.74) is 5.18. The van der Waals surface area contributed by atoms with E-state index in [1.807, 2.05) is 19.1 Å². The maximum absolute atomic E-state index is 12.0. The molecule has 0 radical (unpaired) electrons. The lowest BCUT2D eigenvalue weighted by molar-refractivity contribution is -0.384. The van der Waals surface area contributed by atoms with Crippen LogP contribution in [-0.2, 0) is 4.79 Å². The van der Waals surface area contributed by atoms with Gasteiger partial charge in [0, 0.05) is 11.6 Å². The summed E-state index contributed by atoms with van der Waals surface area (Å²) in [6.07, 6.45) is 0. The Bertz CT molecular complexity index is 920. The molecule has 2 amide bonds. The van der Waals surface area contributed by atoms with Crippen molar-refractivity contribution in [3.8, 4) is 5.75 Å². The molecule has 2 aromatic rings. The van der Waals surface area contributed by atoms with Crippen LogP contribution in [0.5, 0.6) is 5.75 Å². The van der Waals surface area contributed by atoms with E-state index in [0.717, 1.165) is 11.6 Å². The van der Waals surface area contributed by atoms with Crippen molar-refractivity contribution in [2.45, 2.75) is 6.92 Å². The largest absolute Gasteiger partial charge is 0.484 e. The van der Waals surface area contributed by atoms with E-state index in [4.69, 9.17) is 28.6 Å². The third-order valence-electron chi connectivity index (χ3n) is 3.34. The summed E-state index contributed by atoms with van der Waals surface area (Å²) in [6.45, 7) is 1.65. The van der Waals surface area contributed by atoms with Crippen LogP contribution in [0.15, 0.2) is 42.5 Å². The van der Waals surface area contributed by atoms with Gasteiger partial charge in [0.05, 0.1) is 4.92 Å². The average Bonchev–Trinajstić information content (AvgIpc) is 2.65. The second-order valence-electron chi connectivity index (χ2n) is 5.48. The molecule has 0 saturated heterocycles. The Morgan fingerprint density at radius 3 is 2.50 bits per heavy atom. The highest BCUT2D eigenvalue weighted by Crippen LogP contribution is 2.24. The Morgan fingerprint density at radius 2 is 1.86 bits per heavy atom. The van der Waals surface area contributed by atoms with Crippen molar-refractivity contribution in [2.75, 3.05) is 6.61 Å². The van der Waals surface area contributed by atoms with Gasteiger partial charge in [-0.2, -0.15) is 0 Å². The lowest BCUT2D eigenvalue weighted by atomic mass is 10.2. The molecule has 0 fully saturated rings. The van der Waals surface area contributed by atoms with Gasteiger partial charge in [0.2, 0.25) is 0 Å². The Hall–Kier alpha value is -3.24. The minimum atomic E-state index is -0.703. The van der Waals surface area contributed by atoms with E-state index in [1.54, 1.807) is 12.1 Å². The number of benzene rings is 2. The van der Waals surface area contributed by atoms with E-state index in [1.165, 1.54) is 12.1 Å². The Balaban J connectivity index is 1.80. The van der Waals surface area contributed by atoms with Gasteiger partial charge in [-0.1, -0.05) is 29.3 Å². The maximum atomic E-state index is 12.0. The number of halogens is 1. The predicted octanol–water partition coefficient (Wildman–Crippen LogP) is 2.27. The van der Waals surface area contributed by atoms with E-state index in [2.05, 4.69) is 16.2 Å². The van der Waals surface area contributed by atoms with E-state index < -0.39 is 22.4 Å². The van der Waals surface area contributed by atoms with Crippen LogP contribution < -0.4 is 20.9 Å². The molecule has 146 valence electrons. The monoisotopic (exact) mass is 422 g/mol. The summed E-state index contributed by atoms with van der Waals surface area (Å²) in [4.78, 5) is 34.0. The first kappa shape index (κ1) is 21.1. The smallest absolute Gasteiger partial charge is 0.288 e. The molecule has 0 aliphatic rings. The molecular formula is C17H15ClN4O5S. The first-order valence-corrected chi connectivity index (χ1v) is 8.58. The SMILES string of the molecule is Cc1ccc(OCC(=O)NC(=S)NNC(=O)c2ccc(Cl)c([N+](=O)[O-])c2)cc1. The fourth-order valence-corrected chi connectivity index (χ4v) is 2.31. The topological polar surface area (TPSA) is 123 Å². The molecule has 11 heteroatoms. The summed E-state index contributed by atoms with van der Waals surface area (Å²) in [6, 6.07) is 10.7. The van der Waals surface area contributed by atoms with Crippen LogP contribution in [-0.4, -0.2) is 28.5 Å². The number of carbonyl (C=O) groups is 2. The van der Waals surface area contributed by atoms with Crippen LogP contribution in [0.1, 0.15) is 15.9 Å². The van der Waals surface area contributed by atoms with Gasteiger partial charge in [-0.05, 0) is 43.4 Å². The molecule has 0 bridgehead atoms. The van der Waals surface area contributed by atoms with Crippen LogP contribution in [0.2, 0.25) is 5.02 Å². The predicted molar refractivity (Wildman–Crippen MR) is 106 cm³/mol. The fraction of sp³-hybridized carbons (Fsp3) is 0.118. The molecule has 0 aliphatic carbocycles. The minimum Gasteiger partial charge on any atom is -0.484 e. The van der Waals surface area contributed by atoms with E-state index in [0.29, 0.717) is 5.75 Å². The lowest BCUT2D eigenvalue weighted by Gasteiger charge is -2.11. The van der Waals surface area contributed by atoms with E-state index in [-0.39, 0.29) is 22.3 Å². The first-order valence-electron chi connectivity index (χ1n) is 7.80. The fourth-order valence-electron chi connectivity index (χ4n) is 1.96. The van der Waals surface area contributed by atoms with Crippen molar-refractivity contribution >= 4 is 46.4 Å². The van der Waals surface area contributed by atoms with Crippen molar-refractivity contribution in [1.29, 1.82) is 0 Å². The number of nitrogens with one attached hydrogen (secondary N) is 3. The highest BCUT2D eigenvalue weighted by molar-refractivity contribution is 7.80. The molecule has 9 nitrogen and oxygen atoms in total. The molecule has 2 aromatic carbocycles. The number of thiocarbonyl (C=S) groups is 1. The van der Waals surface area contributed by atoms with Gasteiger partial charge in [-0.3, -0.25) is 35.9 Å². The zero-order valence-corrected chi connectivity index (χ0v) is 16.1. The van der Waals surface area contributed by atoms with Gasteiger partial charge in [0.15, 0.2) is 11.7 Å². The van der Waals surface area contributed by atoms with Crippen LogP contribution in [0.25, 0.3) is 0 Å². The molecule has 0 aliphatic heterocycles. The number of nitro benzene ring substituents is 1. The van der Waals surface area contributed by atoms with Crippen LogP contribution in [0.4, 0.5) is 5.69 Å². The summed E-state index contributed by atoms with van der Waals surface area (Å²) in [5, 5.41) is 12.9. The number of hydrogen-bond acceptors (Lipinski definition) is 6. The lowest BCUT2D eigenvalue weighted by Crippen LogP contribution is -2.49. The second-order valence-corrected chi connectivity index (χ2v) is 6.30. The Morgan fingerprint density at radius 1 is 1.18 bits per heavy atom. The minimum absolute atomic E-state index is 0.0135. The number of nitrogens with zero attached hydrogens (tertiary/aromatic N) is 1. The van der Waals surface area contributed by atoms with Gasteiger partial charge < -0.3 is 4.74 Å². The average molecular weight is 423 g/mol. The van der Waals surface area contributed by atoms with Gasteiger partial charge in [-0.25, -0.2) is 0 Å². The van der Waals surface area contributed by atoms with Crippen LogP contribution in [0.3, 0.4) is 0 Å². The number of ether oxygens (including phenoxy) is 1. The standard InChI is InChI=1S/C17H15ClN4O5S/c1-10-2-5-12(6-3-10)27-9-15(23)19-17(28)21-20-16(24)11-4-7-13(18)14(8-11)22(25)26/h2-8H,9H2,1H3,(H,20,24)(H2,19,21,23,28). The summed E-state index contributed by atoms with van der Waals surface area (Å²) in [7, 11) is 0. The van der Waals surface area contributed by atoms with Crippen molar-refractivity contribution in [3.63, 3.8) is 0 Å². The number of nitro groups is 1. The molecule has 28 heavy (non-hydrogen) atoms. The van der Waals surface area contributed by atoms with Crippen molar-refractivity contribution < 1.29 is 19.2 Å². The third-order valence-corrected chi connectivity index (χ3v) is 3.86. The number of hydrazine groups is 1. The van der Waals surface area contributed by atoms with E-state index >= 15 is 0 Å². The van der Waals surface area contributed by atoms with Gasteiger partial charge in [0.1, 0.15) is 10.8 Å². The number of amides is 2. The highest BCUT2D eigenvalue weighted by Gasteiger charge is 2.16. The number of hydrogen-bond donors (Lipinski definition) is 3. The summed E-state index contributed by atoms with van der Waals surface area (Å²) >= 11 is 10.6. The zero-order chi connectivity index (χ0) is 20.7. The number of rotatable bonds is 5. The molecule has 2 rings (SSSR count). The summed E-state index contributed by atoms with van der Waals surface area (Å²) in [5.74, 6) is -0.709. The Kier molecular flexibility index (Phi) is 7.24. The number of carbonyl (C=O) groups excluding carboxylic acids is 2. The normalized spacial score (nSPS) is 9.93. The Labute approximate surface area is 170 Å². The highest BCUT2D eigenvalue weighted by atomic mass is 35.5. The molecule has 0 atom stereocenters. The molecule has 0 aromatic heterocycles. The number of aryl methyl sites for hydroxylation is 1. The quantitative estimate of drug-likeness (QED) is 0.383. The van der Waals surface area contributed by atoms with Gasteiger partial charge >= 0.3 is 0 Å². The van der Waals surface area contributed by atoms with Crippen LogP contribution in [0, 0.1) is 17.0 Å². The second kappa shape index (κ2) is 9.62. The molecular weight excluding hydrogens is 408 g/mol. The maximum Gasteiger partial charge on any atom is 0.288 e. The molecule has 0 unspecified atom stereocenters. The molecule has 0 spiro atoms. The van der Waals surface area contributed by atoms with Crippen molar-refractivity contribution in [3.05, 3.63) is 68.7 Å². The third kappa shape index (κ3) is 6.18. The zero-order valence-electron chi connectivity index (χ0n) is 14.5.